The van der Waals surface area contributed by atoms with E-state index in [2.05, 4.69) is 15.6 Å². The van der Waals surface area contributed by atoms with E-state index in [0.29, 0.717) is 25.3 Å². The zero-order valence-corrected chi connectivity index (χ0v) is 13.0. The molecule has 0 saturated carbocycles. The minimum absolute atomic E-state index is 0.00736. The summed E-state index contributed by atoms with van der Waals surface area (Å²) in [6, 6.07) is 9.35. The molecule has 0 bridgehead atoms. The number of benzene rings is 1. The Balaban J connectivity index is 1.63. The average molecular weight is 317 g/mol. The number of rotatable bonds is 8. The van der Waals surface area contributed by atoms with Gasteiger partial charge in [-0.2, -0.15) is 0 Å². The Kier molecular flexibility index (Phi) is 6.50. The number of anilines is 1. The number of nitrogens with zero attached hydrogens (tertiary/aromatic N) is 1. The number of amides is 1. The number of halogens is 1. The van der Waals surface area contributed by atoms with Crippen molar-refractivity contribution in [2.75, 3.05) is 18.5 Å². The highest BCUT2D eigenvalue weighted by Crippen LogP contribution is 2.09. The summed E-state index contributed by atoms with van der Waals surface area (Å²) in [4.78, 5) is 15.8. The Morgan fingerprint density at radius 3 is 2.78 bits per heavy atom. The molecule has 0 aliphatic heterocycles. The Bertz CT molecular complexity index is 605. The van der Waals surface area contributed by atoms with Crippen LogP contribution in [-0.4, -0.2) is 30.1 Å². The first kappa shape index (κ1) is 16.9. The summed E-state index contributed by atoms with van der Waals surface area (Å²) in [5.74, 6) is 0.271. The second-order valence-electron chi connectivity index (χ2n) is 5.15. The highest BCUT2D eigenvalue weighted by Gasteiger charge is 2.09. The minimum atomic E-state index is -0.327. The molecular formula is C17H20FN3O2. The number of carbonyl (C=O) groups is 1. The largest absolute Gasteiger partial charge is 0.491 e. The summed E-state index contributed by atoms with van der Waals surface area (Å²) in [6.07, 6.45) is 3.66. The summed E-state index contributed by atoms with van der Waals surface area (Å²) in [6.45, 7) is 3.05. The molecule has 0 saturated heterocycles. The van der Waals surface area contributed by atoms with Crippen LogP contribution in [-0.2, 0) is 4.79 Å². The fraction of sp³-hybridized carbons (Fsp3) is 0.294. The highest BCUT2D eigenvalue weighted by atomic mass is 19.1. The molecule has 2 aromatic rings. The van der Waals surface area contributed by atoms with E-state index in [4.69, 9.17) is 4.74 Å². The van der Waals surface area contributed by atoms with Gasteiger partial charge in [0.2, 0.25) is 5.91 Å². The van der Waals surface area contributed by atoms with Crippen molar-refractivity contribution in [1.82, 2.24) is 10.3 Å². The zero-order valence-electron chi connectivity index (χ0n) is 13.0. The molecule has 1 amide bonds. The number of pyridine rings is 1. The molecule has 0 aliphatic rings. The second kappa shape index (κ2) is 8.85. The topological polar surface area (TPSA) is 63.2 Å². The maximum atomic E-state index is 12.8. The van der Waals surface area contributed by atoms with Crippen molar-refractivity contribution in [3.05, 3.63) is 54.6 Å². The van der Waals surface area contributed by atoms with E-state index >= 15 is 0 Å². The Labute approximate surface area is 134 Å². The molecule has 1 aromatic carbocycles. The molecule has 6 heteroatoms. The number of carbonyl (C=O) groups excluding carboxylic acids is 1. The van der Waals surface area contributed by atoms with Crippen molar-refractivity contribution in [3.63, 3.8) is 0 Å². The number of aromatic nitrogens is 1. The van der Waals surface area contributed by atoms with Gasteiger partial charge in [0.25, 0.3) is 0 Å². The molecule has 0 spiro atoms. The van der Waals surface area contributed by atoms with Gasteiger partial charge in [-0.05, 0) is 43.3 Å². The normalized spacial score (nSPS) is 11.7. The Morgan fingerprint density at radius 1 is 1.30 bits per heavy atom. The molecule has 2 rings (SSSR count). The first-order chi connectivity index (χ1) is 11.1. The van der Waals surface area contributed by atoms with Crippen LogP contribution >= 0.6 is 0 Å². The van der Waals surface area contributed by atoms with Gasteiger partial charge >= 0.3 is 0 Å². The van der Waals surface area contributed by atoms with Crippen LogP contribution in [0.4, 0.5) is 10.1 Å². The molecule has 1 atom stereocenters. The van der Waals surface area contributed by atoms with Crippen LogP contribution in [0.2, 0.25) is 0 Å². The fourth-order valence-electron chi connectivity index (χ4n) is 2.00. The molecule has 5 nitrogen and oxygen atoms in total. The number of hydrogen-bond donors (Lipinski definition) is 2. The lowest BCUT2D eigenvalue weighted by molar-refractivity contribution is -0.116. The molecule has 0 fully saturated rings. The molecule has 0 unspecified atom stereocenters. The van der Waals surface area contributed by atoms with E-state index in [-0.39, 0.29) is 17.8 Å². The van der Waals surface area contributed by atoms with Crippen LogP contribution < -0.4 is 15.4 Å². The van der Waals surface area contributed by atoms with Crippen molar-refractivity contribution in [2.45, 2.75) is 19.4 Å². The van der Waals surface area contributed by atoms with Gasteiger partial charge in [-0.25, -0.2) is 4.39 Å². The maximum absolute atomic E-state index is 12.8. The fourth-order valence-corrected chi connectivity index (χ4v) is 2.00. The average Bonchev–Trinajstić information content (AvgIpc) is 2.55. The van der Waals surface area contributed by atoms with E-state index in [1.165, 1.54) is 24.3 Å². The summed E-state index contributed by atoms with van der Waals surface area (Å²) in [7, 11) is 0. The van der Waals surface area contributed by atoms with Gasteiger partial charge in [0.15, 0.2) is 0 Å². The lowest BCUT2D eigenvalue weighted by atomic mass is 10.2. The van der Waals surface area contributed by atoms with Gasteiger partial charge in [0.05, 0.1) is 6.20 Å². The Hall–Kier alpha value is -2.47. The first-order valence-electron chi connectivity index (χ1n) is 7.45. The summed E-state index contributed by atoms with van der Waals surface area (Å²) >= 11 is 0. The third-order valence-electron chi connectivity index (χ3n) is 3.12. The van der Waals surface area contributed by atoms with E-state index in [1.807, 2.05) is 19.1 Å². The number of nitrogens with one attached hydrogen (secondary N) is 2. The predicted octanol–water partition coefficient (Wildman–Crippen LogP) is 2.61. The summed E-state index contributed by atoms with van der Waals surface area (Å²) in [5.41, 5.74) is 0.587. The third kappa shape index (κ3) is 6.44. The Morgan fingerprint density at radius 2 is 2.09 bits per heavy atom. The lowest BCUT2D eigenvalue weighted by Crippen LogP contribution is -2.33. The summed E-state index contributed by atoms with van der Waals surface area (Å²) in [5, 5.41) is 5.94. The van der Waals surface area contributed by atoms with E-state index < -0.39 is 0 Å². The van der Waals surface area contributed by atoms with Crippen molar-refractivity contribution in [1.29, 1.82) is 0 Å². The standard InChI is InChI=1S/C17H20FN3O2/c1-13(20-9-10-23-16-3-2-8-19-12-16)11-17(22)21-15-6-4-14(18)5-7-15/h2-8,12-13,20H,9-11H2,1H3,(H,21,22)/t13-/m0/s1. The van der Waals surface area contributed by atoms with E-state index in [0.717, 1.165) is 5.75 Å². The van der Waals surface area contributed by atoms with E-state index in [9.17, 15) is 9.18 Å². The van der Waals surface area contributed by atoms with Crippen molar-refractivity contribution >= 4 is 11.6 Å². The van der Waals surface area contributed by atoms with Gasteiger partial charge in [0.1, 0.15) is 18.2 Å². The van der Waals surface area contributed by atoms with Gasteiger partial charge in [-0.3, -0.25) is 9.78 Å². The molecule has 2 N–H and O–H groups in total. The summed E-state index contributed by atoms with van der Waals surface area (Å²) < 4.78 is 18.3. The van der Waals surface area contributed by atoms with Gasteiger partial charge < -0.3 is 15.4 Å². The molecule has 23 heavy (non-hydrogen) atoms. The predicted molar refractivity (Wildman–Crippen MR) is 86.8 cm³/mol. The molecule has 1 heterocycles. The number of hydrogen-bond acceptors (Lipinski definition) is 4. The van der Waals surface area contributed by atoms with Crippen LogP contribution in [0.15, 0.2) is 48.8 Å². The smallest absolute Gasteiger partial charge is 0.225 e. The van der Waals surface area contributed by atoms with Crippen LogP contribution in [0.5, 0.6) is 5.75 Å². The monoisotopic (exact) mass is 317 g/mol. The van der Waals surface area contributed by atoms with Crippen molar-refractivity contribution < 1.29 is 13.9 Å². The van der Waals surface area contributed by atoms with Crippen LogP contribution in [0, 0.1) is 5.82 Å². The maximum Gasteiger partial charge on any atom is 0.225 e. The van der Waals surface area contributed by atoms with E-state index in [1.54, 1.807) is 12.4 Å². The first-order valence-corrected chi connectivity index (χ1v) is 7.45. The van der Waals surface area contributed by atoms with Gasteiger partial charge in [-0.1, -0.05) is 0 Å². The molecular weight excluding hydrogens is 297 g/mol. The van der Waals surface area contributed by atoms with Crippen LogP contribution in [0.1, 0.15) is 13.3 Å². The van der Waals surface area contributed by atoms with Gasteiger partial charge in [0, 0.05) is 30.9 Å². The van der Waals surface area contributed by atoms with Crippen molar-refractivity contribution in [2.24, 2.45) is 0 Å². The minimum Gasteiger partial charge on any atom is -0.491 e. The van der Waals surface area contributed by atoms with Crippen LogP contribution in [0.3, 0.4) is 0 Å². The quantitative estimate of drug-likeness (QED) is 0.735. The number of ether oxygens (including phenoxy) is 1. The van der Waals surface area contributed by atoms with Gasteiger partial charge in [-0.15, -0.1) is 0 Å². The lowest BCUT2D eigenvalue weighted by Gasteiger charge is -2.14. The zero-order chi connectivity index (χ0) is 16.5. The SMILES string of the molecule is C[C@@H](CC(=O)Nc1ccc(F)cc1)NCCOc1cccnc1. The van der Waals surface area contributed by atoms with Crippen molar-refractivity contribution in [3.8, 4) is 5.75 Å². The molecule has 0 radical (unpaired) electrons. The van der Waals surface area contributed by atoms with Crippen LogP contribution in [0.25, 0.3) is 0 Å². The molecule has 122 valence electrons. The molecule has 1 aromatic heterocycles. The third-order valence-corrected chi connectivity index (χ3v) is 3.12. The molecule has 0 aliphatic carbocycles. The highest BCUT2D eigenvalue weighted by molar-refractivity contribution is 5.91. The second-order valence-corrected chi connectivity index (χ2v) is 5.15.